The van der Waals surface area contributed by atoms with Crippen molar-refractivity contribution in [2.75, 3.05) is 11.4 Å². The smallest absolute Gasteiger partial charge is 0.273 e. The Kier molecular flexibility index (Phi) is 4.90. The molecule has 2 aliphatic rings. The number of imidazole rings is 2. The lowest BCUT2D eigenvalue weighted by Gasteiger charge is -2.17. The highest BCUT2D eigenvalue weighted by atomic mass is 16.6. The lowest BCUT2D eigenvalue weighted by atomic mass is 10.1. The number of epoxide rings is 1. The summed E-state index contributed by atoms with van der Waals surface area (Å²) in [4.78, 5) is 25.2. The van der Waals surface area contributed by atoms with Gasteiger partial charge in [0.05, 0.1) is 11.4 Å². The van der Waals surface area contributed by atoms with Crippen molar-refractivity contribution >= 4 is 17.4 Å². The topological polar surface area (TPSA) is 97.8 Å². The Labute approximate surface area is 213 Å². The minimum atomic E-state index is -0.297. The zero-order chi connectivity index (χ0) is 25.1. The molecule has 37 heavy (non-hydrogen) atoms. The summed E-state index contributed by atoms with van der Waals surface area (Å²) in [5.41, 5.74) is 5.37. The normalized spacial score (nSPS) is 18.4. The van der Waals surface area contributed by atoms with Gasteiger partial charge in [0.2, 0.25) is 0 Å². The second kappa shape index (κ2) is 8.31. The summed E-state index contributed by atoms with van der Waals surface area (Å²) >= 11 is 0. The van der Waals surface area contributed by atoms with Crippen LogP contribution >= 0.6 is 0 Å². The van der Waals surface area contributed by atoms with Crippen molar-refractivity contribution in [1.29, 1.82) is 0 Å². The Bertz CT molecular complexity index is 1600. The van der Waals surface area contributed by atoms with E-state index in [9.17, 15) is 4.79 Å². The van der Waals surface area contributed by atoms with Crippen LogP contribution in [0.1, 0.15) is 34.5 Å². The molecule has 0 saturated carbocycles. The number of likely N-dealkylation sites (N-methyl/N-ethyl adjacent to an activating group) is 1. The highest BCUT2D eigenvalue weighted by Gasteiger charge is 2.50. The molecule has 1 aromatic carbocycles. The lowest BCUT2D eigenvalue weighted by molar-refractivity contribution is 0.0926. The SMILES string of the molecule is CCN1c2nc(Cc3cn4ccccc4n3)n(Cc3ccc(-c4ccn(C)n4)cc3)c2C(=O)NC2OC21. The summed E-state index contributed by atoms with van der Waals surface area (Å²) in [6.45, 7) is 3.25. The van der Waals surface area contributed by atoms with Crippen molar-refractivity contribution in [3.05, 3.63) is 89.9 Å². The summed E-state index contributed by atoms with van der Waals surface area (Å²) < 4.78 is 11.5. The third-order valence-corrected chi connectivity index (χ3v) is 6.96. The van der Waals surface area contributed by atoms with Crippen LogP contribution in [0.5, 0.6) is 0 Å². The zero-order valence-corrected chi connectivity index (χ0v) is 20.6. The molecule has 0 spiro atoms. The lowest BCUT2D eigenvalue weighted by Crippen LogP contribution is -2.31. The molecule has 2 unspecified atom stereocenters. The van der Waals surface area contributed by atoms with Crippen LogP contribution in [0.15, 0.2) is 67.1 Å². The fraction of sp³-hybridized carbons (Fsp3) is 0.259. The van der Waals surface area contributed by atoms with Gasteiger partial charge in [0.15, 0.2) is 24.0 Å². The average molecular weight is 495 g/mol. The predicted octanol–water partition coefficient (Wildman–Crippen LogP) is 2.82. The predicted molar refractivity (Wildman–Crippen MR) is 137 cm³/mol. The Morgan fingerprint density at radius 1 is 1.05 bits per heavy atom. The number of fused-ring (bicyclic) bond motifs is 3. The summed E-state index contributed by atoms with van der Waals surface area (Å²) in [5.74, 6) is 1.28. The van der Waals surface area contributed by atoms with Gasteiger partial charge < -0.3 is 23.9 Å². The summed E-state index contributed by atoms with van der Waals surface area (Å²) in [6.07, 6.45) is 5.95. The van der Waals surface area contributed by atoms with E-state index in [2.05, 4.69) is 46.5 Å². The van der Waals surface area contributed by atoms with E-state index < -0.39 is 0 Å². The zero-order valence-electron chi connectivity index (χ0n) is 20.6. The second-order valence-corrected chi connectivity index (χ2v) is 9.44. The number of rotatable bonds is 6. The van der Waals surface area contributed by atoms with Crippen molar-refractivity contribution in [3.63, 3.8) is 0 Å². The number of aromatic nitrogens is 6. The van der Waals surface area contributed by atoms with Crippen molar-refractivity contribution < 1.29 is 9.53 Å². The fourth-order valence-corrected chi connectivity index (χ4v) is 5.08. The van der Waals surface area contributed by atoms with Crippen molar-refractivity contribution in [1.82, 2.24) is 34.0 Å². The van der Waals surface area contributed by atoms with E-state index in [0.29, 0.717) is 31.0 Å². The van der Waals surface area contributed by atoms with Crippen LogP contribution in [-0.2, 0) is 24.8 Å². The second-order valence-electron chi connectivity index (χ2n) is 9.44. The van der Waals surface area contributed by atoms with Gasteiger partial charge in [-0.3, -0.25) is 9.48 Å². The maximum atomic E-state index is 13.4. The molecular weight excluding hydrogens is 468 g/mol. The summed E-state index contributed by atoms with van der Waals surface area (Å²) in [5, 5.41) is 7.49. The van der Waals surface area contributed by atoms with E-state index in [1.54, 1.807) is 4.68 Å². The molecule has 186 valence electrons. The van der Waals surface area contributed by atoms with E-state index in [1.165, 1.54) is 0 Å². The number of hydrogen-bond acceptors (Lipinski definition) is 6. The third kappa shape index (κ3) is 3.77. The van der Waals surface area contributed by atoms with E-state index in [-0.39, 0.29) is 18.4 Å². The quantitative estimate of drug-likeness (QED) is 0.365. The minimum Gasteiger partial charge on any atom is -0.326 e. The van der Waals surface area contributed by atoms with Crippen molar-refractivity contribution in [2.24, 2.45) is 7.05 Å². The molecule has 2 aliphatic heterocycles. The van der Waals surface area contributed by atoms with Crippen LogP contribution in [-0.4, -0.2) is 53.6 Å². The first-order valence-electron chi connectivity index (χ1n) is 12.4. The van der Waals surface area contributed by atoms with E-state index in [1.807, 2.05) is 58.9 Å². The van der Waals surface area contributed by atoms with E-state index >= 15 is 0 Å². The first kappa shape index (κ1) is 21.8. The number of pyridine rings is 1. The monoisotopic (exact) mass is 494 g/mol. The molecule has 10 heteroatoms. The molecule has 1 amide bonds. The number of ether oxygens (including phenoxy) is 1. The standard InChI is InChI=1S/C27H26N8O2/c1-3-34-24-23(25(36)30-26-27(34)37-26)35(15-17-7-9-18(10-8-17)20-11-13-32(2)31-20)22(29-24)14-19-16-33-12-5-4-6-21(33)28-19/h4-13,16,26-27H,3,14-15H2,1-2H3,(H,30,36). The van der Waals surface area contributed by atoms with Crippen LogP contribution in [0, 0.1) is 0 Å². The Hall–Kier alpha value is -4.44. The number of hydrogen-bond donors (Lipinski definition) is 1. The van der Waals surface area contributed by atoms with Gasteiger partial charge in [-0.05, 0) is 30.7 Å². The molecule has 1 fully saturated rings. The highest BCUT2D eigenvalue weighted by Crippen LogP contribution is 2.35. The number of aryl methyl sites for hydroxylation is 1. The van der Waals surface area contributed by atoms with Gasteiger partial charge >= 0.3 is 0 Å². The van der Waals surface area contributed by atoms with Crippen LogP contribution in [0.3, 0.4) is 0 Å². The molecule has 5 aromatic rings. The number of anilines is 1. The average Bonchev–Trinajstić information content (AvgIpc) is 3.20. The van der Waals surface area contributed by atoms with Gasteiger partial charge in [0, 0.05) is 50.7 Å². The molecule has 1 N–H and O–H groups in total. The number of carbonyl (C=O) groups is 1. The third-order valence-electron chi connectivity index (χ3n) is 6.96. The van der Waals surface area contributed by atoms with E-state index in [4.69, 9.17) is 14.7 Å². The van der Waals surface area contributed by atoms with Gasteiger partial charge in [0.1, 0.15) is 11.5 Å². The number of nitrogens with zero attached hydrogens (tertiary/aromatic N) is 7. The van der Waals surface area contributed by atoms with E-state index in [0.717, 1.165) is 34.0 Å². The van der Waals surface area contributed by atoms with Gasteiger partial charge in [-0.2, -0.15) is 5.10 Å². The molecular formula is C27H26N8O2. The number of nitrogens with one attached hydrogen (secondary N) is 1. The fourth-order valence-electron chi connectivity index (χ4n) is 5.08. The Morgan fingerprint density at radius 3 is 2.68 bits per heavy atom. The highest BCUT2D eigenvalue weighted by molar-refractivity contribution is 5.99. The Morgan fingerprint density at radius 2 is 1.92 bits per heavy atom. The molecule has 0 aliphatic carbocycles. The molecule has 6 heterocycles. The first-order chi connectivity index (χ1) is 18.1. The number of carbonyl (C=O) groups excluding carboxylic acids is 1. The van der Waals surface area contributed by atoms with Gasteiger partial charge in [-0.15, -0.1) is 0 Å². The maximum Gasteiger partial charge on any atom is 0.273 e. The summed E-state index contributed by atoms with van der Waals surface area (Å²) in [7, 11) is 1.91. The number of amides is 1. The van der Waals surface area contributed by atoms with Gasteiger partial charge in [-0.1, -0.05) is 30.3 Å². The molecule has 10 nitrogen and oxygen atoms in total. The first-order valence-corrected chi connectivity index (χ1v) is 12.4. The molecule has 7 rings (SSSR count). The largest absolute Gasteiger partial charge is 0.326 e. The molecule has 4 aromatic heterocycles. The van der Waals surface area contributed by atoms with Gasteiger partial charge in [0.25, 0.3) is 5.91 Å². The molecule has 0 radical (unpaired) electrons. The van der Waals surface area contributed by atoms with Gasteiger partial charge in [-0.25, -0.2) is 9.97 Å². The summed E-state index contributed by atoms with van der Waals surface area (Å²) in [6, 6.07) is 16.2. The Balaban J connectivity index is 1.29. The molecule has 1 saturated heterocycles. The van der Waals surface area contributed by atoms with Crippen molar-refractivity contribution in [3.8, 4) is 11.3 Å². The minimum absolute atomic E-state index is 0.169. The number of benzene rings is 1. The van der Waals surface area contributed by atoms with Crippen LogP contribution in [0.4, 0.5) is 5.82 Å². The molecule has 2 atom stereocenters. The van der Waals surface area contributed by atoms with Crippen LogP contribution in [0.2, 0.25) is 0 Å². The van der Waals surface area contributed by atoms with Crippen molar-refractivity contribution in [2.45, 2.75) is 32.3 Å². The van der Waals surface area contributed by atoms with Crippen LogP contribution < -0.4 is 10.2 Å². The maximum absolute atomic E-state index is 13.4. The van der Waals surface area contributed by atoms with Crippen LogP contribution in [0.25, 0.3) is 16.9 Å². The molecule has 0 bridgehead atoms.